The average Bonchev–Trinajstić information content (AvgIpc) is 2.83. The van der Waals surface area contributed by atoms with E-state index in [-0.39, 0.29) is 0 Å². The minimum Gasteiger partial charge on any atom is -0.316 e. The van der Waals surface area contributed by atoms with Crippen LogP contribution < -0.4 is 5.32 Å². The molecule has 20 heavy (non-hydrogen) atoms. The standard InChI is InChI=1S/C19H31N/c1-15(2)13-20-14-19(10-5-6-11-19)12-18-16(3)8-7-9-17(18)4/h7-9,15,20H,5-6,10-14H2,1-4H3. The van der Waals surface area contributed by atoms with Crippen molar-refractivity contribution in [1.29, 1.82) is 0 Å². The van der Waals surface area contributed by atoms with Crippen LogP contribution in [-0.4, -0.2) is 13.1 Å². The maximum absolute atomic E-state index is 3.73. The third-order valence-electron chi connectivity index (χ3n) is 4.91. The van der Waals surface area contributed by atoms with Gasteiger partial charge < -0.3 is 5.32 Å². The highest BCUT2D eigenvalue weighted by Gasteiger charge is 2.34. The normalized spacial score (nSPS) is 17.9. The van der Waals surface area contributed by atoms with Gasteiger partial charge in [0.15, 0.2) is 0 Å². The van der Waals surface area contributed by atoms with E-state index in [0.29, 0.717) is 5.41 Å². The molecule has 0 bridgehead atoms. The molecule has 1 aromatic rings. The summed E-state index contributed by atoms with van der Waals surface area (Å²) in [7, 11) is 0. The van der Waals surface area contributed by atoms with E-state index in [1.807, 2.05) is 0 Å². The summed E-state index contributed by atoms with van der Waals surface area (Å²) in [5, 5.41) is 3.73. The molecule has 112 valence electrons. The van der Waals surface area contributed by atoms with Gasteiger partial charge in [0.25, 0.3) is 0 Å². The Bertz CT molecular complexity index is 407. The summed E-state index contributed by atoms with van der Waals surface area (Å²) in [5.41, 5.74) is 5.05. The molecule has 1 heteroatoms. The molecule has 1 aliphatic rings. The van der Waals surface area contributed by atoms with Crippen molar-refractivity contribution < 1.29 is 0 Å². The highest BCUT2D eigenvalue weighted by atomic mass is 14.9. The van der Waals surface area contributed by atoms with Crippen LogP contribution in [0, 0.1) is 25.2 Å². The Kier molecular flexibility index (Phi) is 5.26. The quantitative estimate of drug-likeness (QED) is 0.795. The zero-order chi connectivity index (χ0) is 14.6. The van der Waals surface area contributed by atoms with Crippen LogP contribution in [0.25, 0.3) is 0 Å². The molecule has 0 atom stereocenters. The lowest BCUT2D eigenvalue weighted by Gasteiger charge is -2.31. The average molecular weight is 273 g/mol. The van der Waals surface area contributed by atoms with Gasteiger partial charge in [-0.05, 0) is 67.7 Å². The van der Waals surface area contributed by atoms with Gasteiger partial charge in [0.05, 0.1) is 0 Å². The molecular weight excluding hydrogens is 242 g/mol. The molecule has 0 heterocycles. The van der Waals surface area contributed by atoms with E-state index in [2.05, 4.69) is 51.2 Å². The summed E-state index contributed by atoms with van der Waals surface area (Å²) in [5.74, 6) is 0.744. The lowest BCUT2D eigenvalue weighted by Crippen LogP contribution is -2.36. The van der Waals surface area contributed by atoms with Gasteiger partial charge in [-0.3, -0.25) is 0 Å². The Morgan fingerprint density at radius 2 is 1.70 bits per heavy atom. The van der Waals surface area contributed by atoms with Crippen molar-refractivity contribution in [3.05, 3.63) is 34.9 Å². The summed E-state index contributed by atoms with van der Waals surface area (Å²) in [6.45, 7) is 11.5. The van der Waals surface area contributed by atoms with Gasteiger partial charge in [-0.2, -0.15) is 0 Å². The summed E-state index contributed by atoms with van der Waals surface area (Å²) in [4.78, 5) is 0. The second-order valence-electron chi connectivity index (χ2n) is 7.28. The summed E-state index contributed by atoms with van der Waals surface area (Å²) in [6, 6.07) is 6.73. The molecular formula is C19H31N. The van der Waals surface area contributed by atoms with Crippen LogP contribution in [0.4, 0.5) is 0 Å². The van der Waals surface area contributed by atoms with Crippen LogP contribution in [-0.2, 0) is 6.42 Å². The van der Waals surface area contributed by atoms with E-state index < -0.39 is 0 Å². The van der Waals surface area contributed by atoms with Gasteiger partial charge in [0, 0.05) is 6.54 Å². The molecule has 0 radical (unpaired) electrons. The second-order valence-corrected chi connectivity index (χ2v) is 7.28. The third-order valence-corrected chi connectivity index (χ3v) is 4.91. The minimum atomic E-state index is 0.506. The largest absolute Gasteiger partial charge is 0.316 e. The monoisotopic (exact) mass is 273 g/mol. The topological polar surface area (TPSA) is 12.0 Å². The van der Waals surface area contributed by atoms with Crippen molar-refractivity contribution >= 4 is 0 Å². The SMILES string of the molecule is Cc1cccc(C)c1CC1(CNCC(C)C)CCCC1. The number of benzene rings is 1. The van der Waals surface area contributed by atoms with Crippen LogP contribution in [0.1, 0.15) is 56.2 Å². The third kappa shape index (κ3) is 3.85. The van der Waals surface area contributed by atoms with Crippen LogP contribution in [0.3, 0.4) is 0 Å². The molecule has 1 aromatic carbocycles. The van der Waals surface area contributed by atoms with Crippen LogP contribution in [0.2, 0.25) is 0 Å². The highest BCUT2D eigenvalue weighted by Crippen LogP contribution is 2.41. The minimum absolute atomic E-state index is 0.506. The first-order chi connectivity index (χ1) is 9.52. The van der Waals surface area contributed by atoms with Crippen molar-refractivity contribution in [2.24, 2.45) is 11.3 Å². The summed E-state index contributed by atoms with van der Waals surface area (Å²) in [6.07, 6.45) is 6.87. The molecule has 0 aromatic heterocycles. The molecule has 0 amide bonds. The fourth-order valence-corrected chi connectivity index (χ4v) is 3.67. The Morgan fingerprint density at radius 1 is 1.10 bits per heavy atom. The number of aryl methyl sites for hydroxylation is 2. The smallest absolute Gasteiger partial charge is 0.00111 e. The Balaban J connectivity index is 2.09. The van der Waals surface area contributed by atoms with E-state index in [1.54, 1.807) is 5.56 Å². The number of nitrogens with one attached hydrogen (secondary N) is 1. The highest BCUT2D eigenvalue weighted by molar-refractivity contribution is 5.34. The van der Waals surface area contributed by atoms with E-state index in [9.17, 15) is 0 Å². The summed E-state index contributed by atoms with van der Waals surface area (Å²) >= 11 is 0. The van der Waals surface area contributed by atoms with Crippen molar-refractivity contribution in [2.45, 2.75) is 59.8 Å². The Hall–Kier alpha value is -0.820. The molecule has 2 rings (SSSR count). The molecule has 1 N–H and O–H groups in total. The van der Waals surface area contributed by atoms with Crippen molar-refractivity contribution in [3.63, 3.8) is 0 Å². The van der Waals surface area contributed by atoms with Gasteiger partial charge in [-0.25, -0.2) is 0 Å². The number of hydrogen-bond donors (Lipinski definition) is 1. The fraction of sp³-hybridized carbons (Fsp3) is 0.684. The van der Waals surface area contributed by atoms with Crippen molar-refractivity contribution in [3.8, 4) is 0 Å². The molecule has 0 saturated heterocycles. The van der Waals surface area contributed by atoms with Gasteiger partial charge in [0.1, 0.15) is 0 Å². The summed E-state index contributed by atoms with van der Waals surface area (Å²) < 4.78 is 0. The maximum atomic E-state index is 3.73. The first-order valence-corrected chi connectivity index (χ1v) is 8.28. The Labute approximate surface area is 125 Å². The van der Waals surface area contributed by atoms with E-state index >= 15 is 0 Å². The van der Waals surface area contributed by atoms with Crippen LogP contribution in [0.5, 0.6) is 0 Å². The number of hydrogen-bond acceptors (Lipinski definition) is 1. The van der Waals surface area contributed by atoms with Gasteiger partial charge in [0.2, 0.25) is 0 Å². The predicted octanol–water partition coefficient (Wildman–Crippen LogP) is 4.65. The van der Waals surface area contributed by atoms with Crippen LogP contribution >= 0.6 is 0 Å². The molecule has 1 saturated carbocycles. The van der Waals surface area contributed by atoms with E-state index in [4.69, 9.17) is 0 Å². The molecule has 0 aliphatic heterocycles. The van der Waals surface area contributed by atoms with Gasteiger partial charge in [-0.15, -0.1) is 0 Å². The second kappa shape index (κ2) is 6.76. The van der Waals surface area contributed by atoms with Gasteiger partial charge in [-0.1, -0.05) is 44.9 Å². The van der Waals surface area contributed by atoms with E-state index in [0.717, 1.165) is 12.5 Å². The van der Waals surface area contributed by atoms with Crippen LogP contribution in [0.15, 0.2) is 18.2 Å². The molecule has 0 spiro atoms. The van der Waals surface area contributed by atoms with E-state index in [1.165, 1.54) is 49.8 Å². The molecule has 1 nitrogen and oxygen atoms in total. The maximum Gasteiger partial charge on any atom is 0.00111 e. The van der Waals surface area contributed by atoms with Crippen molar-refractivity contribution in [1.82, 2.24) is 5.32 Å². The lowest BCUT2D eigenvalue weighted by atomic mass is 9.78. The van der Waals surface area contributed by atoms with Gasteiger partial charge >= 0.3 is 0 Å². The number of rotatable bonds is 6. The fourth-order valence-electron chi connectivity index (χ4n) is 3.67. The molecule has 0 unspecified atom stereocenters. The lowest BCUT2D eigenvalue weighted by molar-refractivity contribution is 0.272. The Morgan fingerprint density at radius 3 is 2.25 bits per heavy atom. The first-order valence-electron chi connectivity index (χ1n) is 8.28. The molecule has 1 fully saturated rings. The zero-order valence-corrected chi connectivity index (χ0v) is 13.8. The molecule has 1 aliphatic carbocycles. The zero-order valence-electron chi connectivity index (χ0n) is 13.8. The predicted molar refractivity (Wildman–Crippen MR) is 88.2 cm³/mol. The van der Waals surface area contributed by atoms with Crippen molar-refractivity contribution in [2.75, 3.05) is 13.1 Å². The first kappa shape index (κ1) is 15.6.